The standard InChI is InChI=1S/C14H20N2O3/c1-4-15-12-9-13(14(12,2)3)19-11-7-5-6-10(8-11)16(17)18/h5-8,12-13,15H,4,9H2,1-3H3. The van der Waals surface area contributed by atoms with Gasteiger partial charge in [0.2, 0.25) is 0 Å². The van der Waals surface area contributed by atoms with Gasteiger partial charge in [-0.25, -0.2) is 0 Å². The normalized spacial score (nSPS) is 24.6. The van der Waals surface area contributed by atoms with E-state index in [9.17, 15) is 10.1 Å². The average molecular weight is 264 g/mol. The highest BCUT2D eigenvalue weighted by molar-refractivity contribution is 5.38. The molecule has 1 aromatic carbocycles. The third kappa shape index (κ3) is 2.71. The lowest BCUT2D eigenvalue weighted by Gasteiger charge is -2.51. The van der Waals surface area contributed by atoms with E-state index >= 15 is 0 Å². The van der Waals surface area contributed by atoms with E-state index in [1.165, 1.54) is 12.1 Å². The Morgan fingerprint density at radius 1 is 1.53 bits per heavy atom. The molecule has 1 aliphatic carbocycles. The smallest absolute Gasteiger partial charge is 0.273 e. The van der Waals surface area contributed by atoms with Crippen LogP contribution in [0.3, 0.4) is 0 Å². The lowest BCUT2D eigenvalue weighted by molar-refractivity contribution is -0.385. The minimum Gasteiger partial charge on any atom is -0.489 e. The highest BCUT2D eigenvalue weighted by Gasteiger charge is 2.49. The summed E-state index contributed by atoms with van der Waals surface area (Å²) in [7, 11) is 0. The predicted octanol–water partition coefficient (Wildman–Crippen LogP) is 2.75. The van der Waals surface area contributed by atoms with Crippen LogP contribution in [0.15, 0.2) is 24.3 Å². The summed E-state index contributed by atoms with van der Waals surface area (Å²) in [5.74, 6) is 0.572. The van der Waals surface area contributed by atoms with Gasteiger partial charge in [0.05, 0.1) is 11.0 Å². The third-order valence-electron chi connectivity index (χ3n) is 3.94. The fourth-order valence-electron chi connectivity index (χ4n) is 2.51. The van der Waals surface area contributed by atoms with Gasteiger partial charge >= 0.3 is 0 Å². The van der Waals surface area contributed by atoms with Crippen LogP contribution in [0.1, 0.15) is 27.2 Å². The first-order valence-electron chi connectivity index (χ1n) is 6.59. The Labute approximate surface area is 113 Å². The van der Waals surface area contributed by atoms with Crippen molar-refractivity contribution in [1.29, 1.82) is 0 Å². The summed E-state index contributed by atoms with van der Waals surface area (Å²) in [6.45, 7) is 7.35. The van der Waals surface area contributed by atoms with Crippen molar-refractivity contribution in [2.45, 2.75) is 39.3 Å². The molecule has 5 nitrogen and oxygen atoms in total. The van der Waals surface area contributed by atoms with Crippen LogP contribution in [-0.2, 0) is 0 Å². The zero-order valence-corrected chi connectivity index (χ0v) is 11.6. The van der Waals surface area contributed by atoms with E-state index in [0.717, 1.165) is 13.0 Å². The summed E-state index contributed by atoms with van der Waals surface area (Å²) < 4.78 is 5.89. The lowest BCUT2D eigenvalue weighted by Crippen LogP contribution is -2.62. The Morgan fingerprint density at radius 2 is 2.26 bits per heavy atom. The van der Waals surface area contributed by atoms with Gasteiger partial charge in [-0.05, 0) is 12.6 Å². The maximum atomic E-state index is 10.7. The Balaban J connectivity index is 2.03. The molecular weight excluding hydrogens is 244 g/mol. The van der Waals surface area contributed by atoms with Gasteiger partial charge in [-0.2, -0.15) is 0 Å². The molecule has 0 amide bonds. The topological polar surface area (TPSA) is 64.4 Å². The molecule has 0 radical (unpaired) electrons. The second-order valence-corrected chi connectivity index (χ2v) is 5.53. The molecule has 0 spiro atoms. The predicted molar refractivity (Wildman–Crippen MR) is 73.4 cm³/mol. The maximum absolute atomic E-state index is 10.7. The van der Waals surface area contributed by atoms with Crippen LogP contribution >= 0.6 is 0 Å². The summed E-state index contributed by atoms with van der Waals surface area (Å²) in [5, 5.41) is 14.2. The van der Waals surface area contributed by atoms with Gasteiger partial charge in [0.25, 0.3) is 5.69 Å². The molecule has 1 N–H and O–H groups in total. The summed E-state index contributed by atoms with van der Waals surface area (Å²) in [4.78, 5) is 10.3. The second kappa shape index (κ2) is 5.17. The third-order valence-corrected chi connectivity index (χ3v) is 3.94. The van der Waals surface area contributed by atoms with Crippen LogP contribution in [0.5, 0.6) is 5.75 Å². The van der Waals surface area contributed by atoms with Crippen molar-refractivity contribution in [3.63, 3.8) is 0 Å². The highest BCUT2D eigenvalue weighted by Crippen LogP contribution is 2.43. The van der Waals surface area contributed by atoms with Crippen LogP contribution in [0.4, 0.5) is 5.69 Å². The molecule has 1 aliphatic rings. The number of nitro groups is 1. The first-order valence-corrected chi connectivity index (χ1v) is 6.59. The van der Waals surface area contributed by atoms with E-state index in [1.807, 2.05) is 0 Å². The second-order valence-electron chi connectivity index (χ2n) is 5.53. The lowest BCUT2D eigenvalue weighted by atomic mass is 9.64. The summed E-state index contributed by atoms with van der Waals surface area (Å²) in [6, 6.07) is 6.82. The monoisotopic (exact) mass is 264 g/mol. The average Bonchev–Trinajstić information content (AvgIpc) is 2.38. The van der Waals surface area contributed by atoms with Crippen molar-refractivity contribution in [2.75, 3.05) is 6.54 Å². The molecule has 5 heteroatoms. The first kappa shape index (κ1) is 13.8. The molecular formula is C14H20N2O3. The van der Waals surface area contributed by atoms with E-state index < -0.39 is 4.92 Å². The number of benzene rings is 1. The summed E-state index contributed by atoms with van der Waals surface area (Å²) >= 11 is 0. The molecule has 0 saturated heterocycles. The van der Waals surface area contributed by atoms with Crippen LogP contribution in [-0.4, -0.2) is 23.6 Å². The van der Waals surface area contributed by atoms with E-state index in [1.54, 1.807) is 12.1 Å². The summed E-state index contributed by atoms with van der Waals surface area (Å²) in [5.41, 5.74) is 0.110. The number of hydrogen-bond acceptors (Lipinski definition) is 4. The van der Waals surface area contributed by atoms with Crippen LogP contribution in [0.2, 0.25) is 0 Å². The Morgan fingerprint density at radius 3 is 2.84 bits per heavy atom. The molecule has 19 heavy (non-hydrogen) atoms. The first-order chi connectivity index (χ1) is 8.95. The number of nitro benzene ring substituents is 1. The van der Waals surface area contributed by atoms with Gasteiger partial charge in [0, 0.05) is 23.9 Å². The van der Waals surface area contributed by atoms with E-state index in [2.05, 4.69) is 26.1 Å². The molecule has 0 bridgehead atoms. The molecule has 1 saturated carbocycles. The molecule has 0 heterocycles. The Hall–Kier alpha value is -1.62. The highest BCUT2D eigenvalue weighted by atomic mass is 16.6. The number of ether oxygens (including phenoxy) is 1. The fourth-order valence-corrected chi connectivity index (χ4v) is 2.51. The minimum atomic E-state index is -0.403. The maximum Gasteiger partial charge on any atom is 0.273 e. The summed E-state index contributed by atoms with van der Waals surface area (Å²) in [6.07, 6.45) is 1.03. The molecule has 2 rings (SSSR count). The van der Waals surface area contributed by atoms with Gasteiger partial charge in [-0.3, -0.25) is 10.1 Å². The molecule has 104 valence electrons. The SMILES string of the molecule is CCNC1CC(Oc2cccc([N+](=O)[O-])c2)C1(C)C. The quantitative estimate of drug-likeness (QED) is 0.656. The zero-order chi connectivity index (χ0) is 14.0. The van der Waals surface area contributed by atoms with E-state index in [0.29, 0.717) is 11.8 Å². The van der Waals surface area contributed by atoms with Gasteiger partial charge in [-0.15, -0.1) is 0 Å². The van der Waals surface area contributed by atoms with Crippen LogP contribution in [0.25, 0.3) is 0 Å². The number of rotatable bonds is 5. The minimum absolute atomic E-state index is 0.0423. The van der Waals surface area contributed by atoms with Gasteiger partial charge < -0.3 is 10.1 Å². The van der Waals surface area contributed by atoms with Crippen molar-refractivity contribution in [3.8, 4) is 5.75 Å². The van der Waals surface area contributed by atoms with Crippen molar-refractivity contribution < 1.29 is 9.66 Å². The molecule has 1 fully saturated rings. The number of hydrogen-bond donors (Lipinski definition) is 1. The van der Waals surface area contributed by atoms with Gasteiger partial charge in [0.15, 0.2) is 0 Å². The van der Waals surface area contributed by atoms with Crippen LogP contribution < -0.4 is 10.1 Å². The number of non-ortho nitro benzene ring substituents is 1. The number of nitrogens with zero attached hydrogens (tertiary/aromatic N) is 1. The van der Waals surface area contributed by atoms with Gasteiger partial charge in [0.1, 0.15) is 11.9 Å². The number of nitrogens with one attached hydrogen (secondary N) is 1. The molecule has 2 atom stereocenters. The molecule has 0 aromatic heterocycles. The van der Waals surface area contributed by atoms with Crippen molar-refractivity contribution in [2.24, 2.45) is 5.41 Å². The Kier molecular flexibility index (Phi) is 3.75. The largest absolute Gasteiger partial charge is 0.489 e. The fraction of sp³-hybridized carbons (Fsp3) is 0.571. The van der Waals surface area contributed by atoms with Crippen molar-refractivity contribution in [1.82, 2.24) is 5.32 Å². The van der Waals surface area contributed by atoms with Crippen molar-refractivity contribution in [3.05, 3.63) is 34.4 Å². The van der Waals surface area contributed by atoms with Crippen LogP contribution in [0, 0.1) is 15.5 Å². The van der Waals surface area contributed by atoms with Gasteiger partial charge in [-0.1, -0.05) is 26.8 Å². The van der Waals surface area contributed by atoms with Crippen molar-refractivity contribution >= 4 is 5.69 Å². The molecule has 1 aromatic rings. The van der Waals surface area contributed by atoms with E-state index in [4.69, 9.17) is 4.74 Å². The molecule has 0 aliphatic heterocycles. The molecule has 2 unspecified atom stereocenters. The zero-order valence-electron chi connectivity index (χ0n) is 11.6. The Bertz CT molecular complexity index is 474. The van der Waals surface area contributed by atoms with E-state index in [-0.39, 0.29) is 17.2 Å².